The third kappa shape index (κ3) is 8.77. The summed E-state index contributed by atoms with van der Waals surface area (Å²) in [5.41, 5.74) is 7.17. The van der Waals surface area contributed by atoms with Crippen LogP contribution < -0.4 is 5.73 Å². The van der Waals surface area contributed by atoms with E-state index in [0.29, 0.717) is 38.7 Å². The van der Waals surface area contributed by atoms with Crippen LogP contribution in [0.25, 0.3) is 0 Å². The van der Waals surface area contributed by atoms with Gasteiger partial charge in [-0.05, 0) is 31.9 Å². The summed E-state index contributed by atoms with van der Waals surface area (Å²) in [6, 6.07) is 7.32. The van der Waals surface area contributed by atoms with Gasteiger partial charge in [0.2, 0.25) is 0 Å². The zero-order valence-corrected chi connectivity index (χ0v) is 20.6. The maximum Gasteiger partial charge on any atom is 0.410 e. The number of aliphatic imine (C=N–C) groups is 1. The average Bonchev–Trinajstić information content (AvgIpc) is 2.58. The Hall–Kier alpha value is -1.56. The number of benzene rings is 1. The third-order valence-electron chi connectivity index (χ3n) is 4.20. The number of halogens is 1. The predicted octanol–water partition coefficient (Wildman–Crippen LogP) is 2.22. The first-order chi connectivity index (χ1) is 12.9. The Morgan fingerprint density at radius 2 is 1.62 bits per heavy atom. The number of carbonyl (C=O) groups excluding carboxylic acids is 1. The molecule has 0 unspecified atom stereocenters. The van der Waals surface area contributed by atoms with Crippen LogP contribution in [0.1, 0.15) is 31.9 Å². The molecule has 1 amide bonds. The number of guanidine groups is 1. The van der Waals surface area contributed by atoms with E-state index >= 15 is 0 Å². The van der Waals surface area contributed by atoms with E-state index in [9.17, 15) is 13.2 Å². The van der Waals surface area contributed by atoms with Gasteiger partial charge in [-0.3, -0.25) is 0 Å². The molecule has 0 bridgehead atoms. The molecule has 0 aliphatic carbocycles. The highest BCUT2D eigenvalue weighted by Gasteiger charge is 2.26. The molecule has 8 nitrogen and oxygen atoms in total. The second-order valence-corrected chi connectivity index (χ2v) is 10.1. The molecule has 1 aromatic carbocycles. The molecular formula is C19H31IN4O4S. The summed E-state index contributed by atoms with van der Waals surface area (Å²) >= 11 is 0. The van der Waals surface area contributed by atoms with E-state index in [0.717, 1.165) is 11.1 Å². The first-order valence-corrected chi connectivity index (χ1v) is 11.3. The van der Waals surface area contributed by atoms with Crippen LogP contribution in [0.4, 0.5) is 4.79 Å². The van der Waals surface area contributed by atoms with Gasteiger partial charge in [-0.15, -0.1) is 24.0 Å². The fourth-order valence-electron chi connectivity index (χ4n) is 2.85. The van der Waals surface area contributed by atoms with Gasteiger partial charge >= 0.3 is 6.09 Å². The summed E-state index contributed by atoms with van der Waals surface area (Å²) in [7, 11) is -3.13. The van der Waals surface area contributed by atoms with Crippen LogP contribution in [0.2, 0.25) is 0 Å². The maximum absolute atomic E-state index is 12.1. The minimum atomic E-state index is -3.13. The van der Waals surface area contributed by atoms with Crippen molar-refractivity contribution in [3.8, 4) is 0 Å². The van der Waals surface area contributed by atoms with Crippen LogP contribution in [0.5, 0.6) is 0 Å². The minimum absolute atomic E-state index is 0. The van der Waals surface area contributed by atoms with E-state index in [1.807, 2.05) is 43.9 Å². The van der Waals surface area contributed by atoms with Gasteiger partial charge in [0.1, 0.15) is 5.60 Å². The third-order valence-corrected chi connectivity index (χ3v) is 5.04. The highest BCUT2D eigenvalue weighted by molar-refractivity contribution is 14.0. The molecule has 0 aromatic heterocycles. The van der Waals surface area contributed by atoms with Crippen molar-refractivity contribution < 1.29 is 17.9 Å². The van der Waals surface area contributed by atoms with E-state index in [-0.39, 0.29) is 35.8 Å². The monoisotopic (exact) mass is 538 g/mol. The van der Waals surface area contributed by atoms with Gasteiger partial charge in [0.25, 0.3) is 0 Å². The van der Waals surface area contributed by atoms with E-state index in [2.05, 4.69) is 4.99 Å². The van der Waals surface area contributed by atoms with Crippen molar-refractivity contribution in [3.63, 3.8) is 0 Å². The van der Waals surface area contributed by atoms with Gasteiger partial charge in [-0.2, -0.15) is 0 Å². The Balaban J connectivity index is 0.00000420. The standard InChI is InChI=1S/C19H30N4O4S.HI/c1-19(2,3)27-18(24)23-11-9-22(10-12-23)17(20)21-13-15-7-5-6-8-16(15)14-28(4,25)26;/h5-8H,9-14H2,1-4H3,(H2,20,21);1H. The lowest BCUT2D eigenvalue weighted by atomic mass is 10.1. The Morgan fingerprint density at radius 3 is 2.14 bits per heavy atom. The summed E-state index contributed by atoms with van der Waals surface area (Å²) in [5.74, 6) is 0.366. The molecule has 0 atom stereocenters. The van der Waals surface area contributed by atoms with Gasteiger partial charge in [0.15, 0.2) is 15.8 Å². The number of amides is 1. The second-order valence-electron chi connectivity index (χ2n) is 7.97. The van der Waals surface area contributed by atoms with Crippen LogP contribution in [0.3, 0.4) is 0 Å². The van der Waals surface area contributed by atoms with Crippen molar-refractivity contribution in [1.29, 1.82) is 0 Å². The molecule has 1 aliphatic heterocycles. The number of hydrogen-bond acceptors (Lipinski definition) is 5. The number of sulfone groups is 1. The molecule has 1 saturated heterocycles. The molecule has 1 heterocycles. The van der Waals surface area contributed by atoms with Crippen molar-refractivity contribution >= 4 is 45.9 Å². The Labute approximate surface area is 190 Å². The molecule has 29 heavy (non-hydrogen) atoms. The molecule has 10 heteroatoms. The number of hydrogen-bond donors (Lipinski definition) is 1. The minimum Gasteiger partial charge on any atom is -0.444 e. The van der Waals surface area contributed by atoms with E-state index in [1.165, 1.54) is 6.26 Å². The molecule has 2 N–H and O–H groups in total. The first-order valence-electron chi connectivity index (χ1n) is 9.22. The van der Waals surface area contributed by atoms with Crippen molar-refractivity contribution in [1.82, 2.24) is 9.80 Å². The molecule has 2 rings (SSSR count). The SMILES string of the molecule is CC(C)(C)OC(=O)N1CCN(C(N)=NCc2ccccc2CS(C)(=O)=O)CC1.I. The van der Waals surface area contributed by atoms with Crippen molar-refractivity contribution in [2.75, 3.05) is 32.4 Å². The zero-order chi connectivity index (χ0) is 20.9. The number of nitrogens with two attached hydrogens (primary N) is 1. The fourth-order valence-corrected chi connectivity index (χ4v) is 3.69. The molecule has 1 fully saturated rings. The van der Waals surface area contributed by atoms with E-state index in [1.54, 1.807) is 11.0 Å². The topological polar surface area (TPSA) is 105 Å². The number of rotatable bonds is 4. The van der Waals surface area contributed by atoms with E-state index in [4.69, 9.17) is 10.5 Å². The smallest absolute Gasteiger partial charge is 0.410 e. The number of ether oxygens (including phenoxy) is 1. The Morgan fingerprint density at radius 1 is 1.10 bits per heavy atom. The van der Waals surface area contributed by atoms with Gasteiger partial charge in [0.05, 0.1) is 12.3 Å². The highest BCUT2D eigenvalue weighted by Crippen LogP contribution is 2.14. The number of nitrogens with zero attached hydrogens (tertiary/aromatic N) is 3. The Kier molecular flexibility index (Phi) is 9.19. The summed E-state index contributed by atoms with van der Waals surface area (Å²) in [6.07, 6.45) is 0.892. The van der Waals surface area contributed by atoms with Gasteiger partial charge in [-0.25, -0.2) is 18.2 Å². The summed E-state index contributed by atoms with van der Waals surface area (Å²) in [6.45, 7) is 7.99. The van der Waals surface area contributed by atoms with Gasteiger partial charge in [0, 0.05) is 32.4 Å². The largest absolute Gasteiger partial charge is 0.444 e. The Bertz CT molecular complexity index is 829. The zero-order valence-electron chi connectivity index (χ0n) is 17.4. The normalized spacial score (nSPS) is 15.7. The van der Waals surface area contributed by atoms with Crippen LogP contribution in [0.15, 0.2) is 29.3 Å². The van der Waals surface area contributed by atoms with E-state index < -0.39 is 15.4 Å². The quantitative estimate of drug-likeness (QED) is 0.358. The van der Waals surface area contributed by atoms with Crippen LogP contribution in [-0.2, 0) is 26.9 Å². The molecule has 1 aliphatic rings. The van der Waals surface area contributed by atoms with Crippen LogP contribution >= 0.6 is 24.0 Å². The number of carbonyl (C=O) groups is 1. The lowest BCUT2D eigenvalue weighted by Gasteiger charge is -2.36. The molecule has 1 aromatic rings. The van der Waals surface area contributed by atoms with Gasteiger partial charge < -0.3 is 20.3 Å². The maximum atomic E-state index is 12.1. The lowest BCUT2D eigenvalue weighted by Crippen LogP contribution is -2.53. The van der Waals surface area contributed by atoms with Crippen molar-refractivity contribution in [2.45, 2.75) is 38.7 Å². The average molecular weight is 538 g/mol. The summed E-state index contributed by atoms with van der Waals surface area (Å²) in [5, 5.41) is 0. The fraction of sp³-hybridized carbons (Fsp3) is 0.579. The molecular weight excluding hydrogens is 507 g/mol. The van der Waals surface area contributed by atoms with Crippen molar-refractivity contribution in [3.05, 3.63) is 35.4 Å². The first kappa shape index (κ1) is 25.5. The molecule has 0 radical (unpaired) electrons. The lowest BCUT2D eigenvalue weighted by molar-refractivity contribution is 0.0186. The highest BCUT2D eigenvalue weighted by atomic mass is 127. The number of piperazine rings is 1. The predicted molar refractivity (Wildman–Crippen MR) is 125 cm³/mol. The summed E-state index contributed by atoms with van der Waals surface area (Å²) < 4.78 is 28.6. The van der Waals surface area contributed by atoms with Crippen LogP contribution in [0, 0.1) is 0 Å². The molecule has 0 saturated carbocycles. The summed E-state index contributed by atoms with van der Waals surface area (Å²) in [4.78, 5) is 20.1. The van der Waals surface area contributed by atoms with Crippen molar-refractivity contribution in [2.24, 2.45) is 10.7 Å². The van der Waals surface area contributed by atoms with Gasteiger partial charge in [-0.1, -0.05) is 24.3 Å². The molecule has 164 valence electrons. The second kappa shape index (κ2) is 10.5. The molecule has 0 spiro atoms. The van der Waals surface area contributed by atoms with Crippen LogP contribution in [-0.4, -0.2) is 68.3 Å².